The van der Waals surface area contributed by atoms with Crippen LogP contribution in [0.5, 0.6) is 0 Å². The molecule has 4 nitrogen and oxygen atoms in total. The molecule has 1 aromatic heterocycles. The minimum Gasteiger partial charge on any atom is -0.396 e. The second kappa shape index (κ2) is 8.25. The number of aliphatic hydroxyl groups excluding tert-OH is 1. The van der Waals surface area contributed by atoms with E-state index in [4.69, 9.17) is 0 Å². The van der Waals surface area contributed by atoms with Crippen LogP contribution in [0.4, 0.5) is 19.0 Å². The van der Waals surface area contributed by atoms with Crippen molar-refractivity contribution in [2.24, 2.45) is 5.41 Å². The molecule has 1 aromatic carbocycles. The average molecular weight is 379 g/mol. The van der Waals surface area contributed by atoms with Crippen molar-refractivity contribution in [2.45, 2.75) is 38.3 Å². The predicted octanol–water partition coefficient (Wildman–Crippen LogP) is 4.10. The summed E-state index contributed by atoms with van der Waals surface area (Å²) in [6, 6.07) is 11.2. The van der Waals surface area contributed by atoms with E-state index in [1.807, 2.05) is 23.1 Å². The molecule has 1 N–H and O–H groups in total. The molecule has 0 atom stereocenters. The summed E-state index contributed by atoms with van der Waals surface area (Å²) in [7, 11) is 0. The largest absolute Gasteiger partial charge is 0.433 e. The first-order chi connectivity index (χ1) is 12.9. The van der Waals surface area contributed by atoms with Crippen LogP contribution >= 0.6 is 0 Å². The number of nitrogens with zero attached hydrogens (tertiary/aromatic N) is 3. The molecule has 1 fully saturated rings. The van der Waals surface area contributed by atoms with Crippen LogP contribution in [0.2, 0.25) is 0 Å². The summed E-state index contributed by atoms with van der Waals surface area (Å²) >= 11 is 0. The lowest BCUT2D eigenvalue weighted by molar-refractivity contribution is -0.141. The molecule has 0 bridgehead atoms. The number of aliphatic hydroxyl groups is 1. The first kappa shape index (κ1) is 19.6. The molecule has 1 saturated heterocycles. The zero-order valence-corrected chi connectivity index (χ0v) is 15.1. The lowest BCUT2D eigenvalue weighted by Crippen LogP contribution is -2.42. The third-order valence-electron chi connectivity index (χ3n) is 5.44. The Labute approximate surface area is 157 Å². The van der Waals surface area contributed by atoms with Gasteiger partial charge in [0.15, 0.2) is 0 Å². The molecule has 2 aromatic rings. The molecule has 0 radical (unpaired) electrons. The van der Waals surface area contributed by atoms with E-state index in [9.17, 15) is 18.3 Å². The van der Waals surface area contributed by atoms with E-state index in [-0.39, 0.29) is 12.0 Å². The van der Waals surface area contributed by atoms with E-state index in [1.165, 1.54) is 5.56 Å². The van der Waals surface area contributed by atoms with Crippen molar-refractivity contribution in [1.29, 1.82) is 0 Å². The third-order valence-corrected chi connectivity index (χ3v) is 5.44. The summed E-state index contributed by atoms with van der Waals surface area (Å²) in [6.07, 6.45) is 0.826. The lowest BCUT2D eigenvalue weighted by Gasteiger charge is -2.41. The standard InChI is InChI=1S/C20H24F3N3O/c21-20(22,23)17-13-18(25-15-24-17)26-11-9-19(14-27,10-12-26)8-4-7-16-5-2-1-3-6-16/h1-3,5-6,13,15,27H,4,7-12,14H2. The number of hydrogen-bond acceptors (Lipinski definition) is 4. The number of anilines is 1. The zero-order valence-electron chi connectivity index (χ0n) is 15.1. The molecule has 0 amide bonds. The number of rotatable bonds is 6. The normalized spacial score (nSPS) is 17.1. The number of alkyl halides is 3. The van der Waals surface area contributed by atoms with Gasteiger partial charge in [-0.1, -0.05) is 30.3 Å². The van der Waals surface area contributed by atoms with Gasteiger partial charge in [-0.2, -0.15) is 13.2 Å². The van der Waals surface area contributed by atoms with E-state index < -0.39 is 11.9 Å². The van der Waals surface area contributed by atoms with E-state index in [0.717, 1.165) is 44.5 Å². The van der Waals surface area contributed by atoms with Crippen molar-refractivity contribution in [3.8, 4) is 0 Å². The van der Waals surface area contributed by atoms with Crippen molar-refractivity contribution < 1.29 is 18.3 Å². The fourth-order valence-electron chi connectivity index (χ4n) is 3.68. The Morgan fingerprint density at radius 3 is 2.41 bits per heavy atom. The number of piperidine rings is 1. The highest BCUT2D eigenvalue weighted by atomic mass is 19.4. The fraction of sp³-hybridized carbons (Fsp3) is 0.500. The summed E-state index contributed by atoms with van der Waals surface area (Å²) in [6.45, 7) is 1.27. The number of halogens is 3. The molecular formula is C20H24F3N3O. The molecule has 0 spiro atoms. The number of aryl methyl sites for hydroxylation is 1. The summed E-state index contributed by atoms with van der Waals surface area (Å²) in [5, 5.41) is 9.95. The third kappa shape index (κ3) is 4.97. The average Bonchev–Trinajstić information content (AvgIpc) is 2.69. The highest BCUT2D eigenvalue weighted by molar-refractivity contribution is 5.40. The van der Waals surface area contributed by atoms with Crippen LogP contribution in [0.1, 0.15) is 36.9 Å². The maximum Gasteiger partial charge on any atom is 0.433 e. The van der Waals surface area contributed by atoms with Crippen LogP contribution in [-0.4, -0.2) is 34.8 Å². The predicted molar refractivity (Wildman–Crippen MR) is 97.4 cm³/mol. The molecule has 1 aliphatic heterocycles. The maximum atomic E-state index is 12.9. The fourth-order valence-corrected chi connectivity index (χ4v) is 3.68. The quantitative estimate of drug-likeness (QED) is 0.821. The van der Waals surface area contributed by atoms with Gasteiger partial charge >= 0.3 is 6.18 Å². The van der Waals surface area contributed by atoms with Crippen molar-refractivity contribution in [1.82, 2.24) is 9.97 Å². The second-order valence-electron chi connectivity index (χ2n) is 7.24. The molecule has 0 unspecified atom stereocenters. The molecule has 27 heavy (non-hydrogen) atoms. The van der Waals surface area contributed by atoms with Crippen molar-refractivity contribution in [3.63, 3.8) is 0 Å². The zero-order chi connectivity index (χ0) is 19.3. The maximum absolute atomic E-state index is 12.9. The number of benzene rings is 1. The minimum absolute atomic E-state index is 0.104. The highest BCUT2D eigenvalue weighted by Crippen LogP contribution is 2.38. The second-order valence-corrected chi connectivity index (χ2v) is 7.24. The topological polar surface area (TPSA) is 49.2 Å². The number of hydrogen-bond donors (Lipinski definition) is 1. The Kier molecular flexibility index (Phi) is 5.99. The van der Waals surface area contributed by atoms with Gasteiger partial charge in [-0.15, -0.1) is 0 Å². The smallest absolute Gasteiger partial charge is 0.396 e. The minimum atomic E-state index is -4.47. The number of aromatic nitrogens is 2. The van der Waals surface area contributed by atoms with Gasteiger partial charge in [-0.3, -0.25) is 0 Å². The molecule has 0 saturated carbocycles. The highest BCUT2D eigenvalue weighted by Gasteiger charge is 2.36. The van der Waals surface area contributed by atoms with Crippen LogP contribution in [0.15, 0.2) is 42.7 Å². The first-order valence-electron chi connectivity index (χ1n) is 9.21. The van der Waals surface area contributed by atoms with Crippen LogP contribution in [0.3, 0.4) is 0 Å². The van der Waals surface area contributed by atoms with E-state index in [2.05, 4.69) is 22.1 Å². The molecule has 1 aliphatic rings. The van der Waals surface area contributed by atoms with Crippen molar-refractivity contribution in [3.05, 3.63) is 54.0 Å². The van der Waals surface area contributed by atoms with Gasteiger partial charge in [-0.05, 0) is 43.1 Å². The van der Waals surface area contributed by atoms with Crippen LogP contribution in [0, 0.1) is 5.41 Å². The van der Waals surface area contributed by atoms with E-state index in [0.29, 0.717) is 18.9 Å². The van der Waals surface area contributed by atoms with Gasteiger partial charge < -0.3 is 10.0 Å². The molecule has 2 heterocycles. The van der Waals surface area contributed by atoms with Gasteiger partial charge in [0, 0.05) is 25.8 Å². The van der Waals surface area contributed by atoms with Gasteiger partial charge in [0.2, 0.25) is 0 Å². The summed E-state index contributed by atoms with van der Waals surface area (Å²) in [5.74, 6) is 0.299. The van der Waals surface area contributed by atoms with E-state index in [1.54, 1.807) is 0 Å². The van der Waals surface area contributed by atoms with Crippen LogP contribution in [-0.2, 0) is 12.6 Å². The van der Waals surface area contributed by atoms with Gasteiger partial charge in [0.05, 0.1) is 0 Å². The monoisotopic (exact) mass is 379 g/mol. The van der Waals surface area contributed by atoms with Crippen molar-refractivity contribution >= 4 is 5.82 Å². The summed E-state index contributed by atoms with van der Waals surface area (Å²) in [4.78, 5) is 9.17. The van der Waals surface area contributed by atoms with Crippen LogP contribution in [0.25, 0.3) is 0 Å². The molecular weight excluding hydrogens is 355 g/mol. The Morgan fingerprint density at radius 2 is 1.78 bits per heavy atom. The molecule has 0 aliphatic carbocycles. The molecule has 146 valence electrons. The molecule has 7 heteroatoms. The van der Waals surface area contributed by atoms with Crippen molar-refractivity contribution in [2.75, 3.05) is 24.6 Å². The van der Waals surface area contributed by atoms with Crippen LogP contribution < -0.4 is 4.90 Å². The summed E-state index contributed by atoms with van der Waals surface area (Å²) in [5.41, 5.74) is 0.198. The van der Waals surface area contributed by atoms with E-state index >= 15 is 0 Å². The summed E-state index contributed by atoms with van der Waals surface area (Å²) < 4.78 is 38.6. The Hall–Kier alpha value is -2.15. The lowest BCUT2D eigenvalue weighted by atomic mass is 9.75. The SMILES string of the molecule is OCC1(CCCc2ccccc2)CCN(c2cc(C(F)(F)F)ncn2)CC1. The Balaban J connectivity index is 1.57. The van der Waals surface area contributed by atoms with Gasteiger partial charge in [0.25, 0.3) is 0 Å². The van der Waals surface area contributed by atoms with Gasteiger partial charge in [-0.25, -0.2) is 9.97 Å². The molecule has 3 rings (SSSR count). The Morgan fingerprint density at radius 1 is 1.07 bits per heavy atom. The first-order valence-corrected chi connectivity index (χ1v) is 9.21. The van der Waals surface area contributed by atoms with Gasteiger partial charge in [0.1, 0.15) is 17.8 Å². The Bertz CT molecular complexity index is 729.